The lowest BCUT2D eigenvalue weighted by molar-refractivity contribution is 0.620. The summed E-state index contributed by atoms with van der Waals surface area (Å²) >= 11 is 6.02. The molecule has 1 aromatic carbocycles. The summed E-state index contributed by atoms with van der Waals surface area (Å²) in [6, 6.07) is 3.19. The van der Waals surface area contributed by atoms with Gasteiger partial charge in [0.1, 0.15) is 11.6 Å². The van der Waals surface area contributed by atoms with Crippen LogP contribution in [0.2, 0.25) is 5.02 Å². The Morgan fingerprint density at radius 1 is 1.38 bits per heavy atom. The molecule has 3 N–H and O–H groups in total. The fraction of sp³-hybridized carbons (Fsp3) is 0.182. The molecule has 0 spiro atoms. The molecule has 0 atom stereocenters. The number of H-pyrrole nitrogens is 1. The second kappa shape index (κ2) is 3.79. The van der Waals surface area contributed by atoms with E-state index in [0.717, 1.165) is 0 Å². The Balaban J connectivity index is 2.73. The molecule has 2 rings (SSSR count). The van der Waals surface area contributed by atoms with E-state index in [-0.39, 0.29) is 5.82 Å². The molecular weight excluding hydrogens is 229 g/mol. The number of aromatic nitrogens is 2. The lowest BCUT2D eigenvalue weighted by Gasteiger charge is -2.09. The highest BCUT2D eigenvalue weighted by Crippen LogP contribution is 2.32. The first-order chi connectivity index (χ1) is 7.50. The second-order valence-corrected chi connectivity index (χ2v) is 4.10. The lowest BCUT2D eigenvalue weighted by Crippen LogP contribution is -1.94. The topological polar surface area (TPSA) is 54.7 Å². The van der Waals surface area contributed by atoms with Crippen molar-refractivity contribution in [3.63, 3.8) is 0 Å². The van der Waals surface area contributed by atoms with E-state index in [0.29, 0.717) is 33.2 Å². The molecule has 5 heteroatoms. The summed E-state index contributed by atoms with van der Waals surface area (Å²) in [5.41, 5.74) is 7.63. The molecule has 0 aliphatic rings. The van der Waals surface area contributed by atoms with Gasteiger partial charge in [0.15, 0.2) is 0 Å². The summed E-state index contributed by atoms with van der Waals surface area (Å²) < 4.78 is 14.0. The van der Waals surface area contributed by atoms with Crippen LogP contribution in [0.1, 0.15) is 11.1 Å². The van der Waals surface area contributed by atoms with E-state index < -0.39 is 0 Å². The monoisotopic (exact) mass is 239 g/mol. The van der Waals surface area contributed by atoms with Crippen LogP contribution in [0.5, 0.6) is 0 Å². The number of hydrogen-bond acceptors (Lipinski definition) is 2. The van der Waals surface area contributed by atoms with Crippen molar-refractivity contribution in [2.75, 3.05) is 5.73 Å². The van der Waals surface area contributed by atoms with Gasteiger partial charge in [-0.05, 0) is 31.0 Å². The standard InChI is InChI=1S/C11H11ClFN3/c1-5-3-7(12)6(2)10(11(5)13)8-4-9(14)16-15-8/h3-4H,1-2H3,(H3,14,15,16). The van der Waals surface area contributed by atoms with Crippen LogP contribution in [0.25, 0.3) is 11.3 Å². The Labute approximate surface area is 97.4 Å². The van der Waals surface area contributed by atoms with Crippen LogP contribution in [-0.2, 0) is 0 Å². The minimum absolute atomic E-state index is 0.300. The quantitative estimate of drug-likeness (QED) is 0.804. The zero-order chi connectivity index (χ0) is 11.9. The molecule has 0 saturated carbocycles. The zero-order valence-corrected chi connectivity index (χ0v) is 9.69. The fourth-order valence-electron chi connectivity index (χ4n) is 1.63. The Morgan fingerprint density at radius 2 is 2.06 bits per heavy atom. The SMILES string of the molecule is Cc1cc(Cl)c(C)c(-c2cc(N)n[nH]2)c1F. The molecule has 0 fully saturated rings. The molecule has 2 aromatic rings. The summed E-state index contributed by atoms with van der Waals surface area (Å²) in [5, 5.41) is 6.99. The maximum absolute atomic E-state index is 14.0. The van der Waals surface area contributed by atoms with Gasteiger partial charge in [0, 0.05) is 16.7 Å². The first kappa shape index (κ1) is 11.0. The van der Waals surface area contributed by atoms with Crippen molar-refractivity contribution in [1.82, 2.24) is 10.2 Å². The number of hydrogen-bond donors (Lipinski definition) is 2. The van der Waals surface area contributed by atoms with Crippen LogP contribution in [0.4, 0.5) is 10.2 Å². The predicted octanol–water partition coefficient (Wildman–Crippen LogP) is 3.07. The smallest absolute Gasteiger partial charge is 0.145 e. The number of nitrogen functional groups attached to an aromatic ring is 1. The summed E-state index contributed by atoms with van der Waals surface area (Å²) in [6.45, 7) is 3.43. The highest BCUT2D eigenvalue weighted by molar-refractivity contribution is 6.31. The lowest BCUT2D eigenvalue weighted by atomic mass is 10.0. The van der Waals surface area contributed by atoms with Crippen molar-refractivity contribution in [3.8, 4) is 11.3 Å². The molecule has 0 bridgehead atoms. The van der Waals surface area contributed by atoms with Gasteiger partial charge in [-0.15, -0.1) is 0 Å². The summed E-state index contributed by atoms with van der Waals surface area (Å²) in [5.74, 6) is 0.0250. The fourth-order valence-corrected chi connectivity index (χ4v) is 1.89. The molecule has 16 heavy (non-hydrogen) atoms. The van der Waals surface area contributed by atoms with Crippen molar-refractivity contribution in [2.24, 2.45) is 0 Å². The van der Waals surface area contributed by atoms with Crippen molar-refractivity contribution in [2.45, 2.75) is 13.8 Å². The van der Waals surface area contributed by atoms with E-state index in [1.165, 1.54) is 0 Å². The molecule has 3 nitrogen and oxygen atoms in total. The van der Waals surface area contributed by atoms with Gasteiger partial charge >= 0.3 is 0 Å². The number of nitrogens with two attached hydrogens (primary N) is 1. The summed E-state index contributed by atoms with van der Waals surface area (Å²) in [6.07, 6.45) is 0. The molecule has 1 heterocycles. The molecule has 0 radical (unpaired) electrons. The zero-order valence-electron chi connectivity index (χ0n) is 8.94. The Hall–Kier alpha value is -1.55. The van der Waals surface area contributed by atoms with Gasteiger partial charge in [0.25, 0.3) is 0 Å². The first-order valence-corrected chi connectivity index (χ1v) is 5.15. The Morgan fingerprint density at radius 3 is 2.62 bits per heavy atom. The number of benzene rings is 1. The van der Waals surface area contributed by atoms with Crippen LogP contribution in [0.3, 0.4) is 0 Å². The molecule has 0 unspecified atom stereocenters. The summed E-state index contributed by atoms with van der Waals surface area (Å²) in [7, 11) is 0. The summed E-state index contributed by atoms with van der Waals surface area (Å²) in [4.78, 5) is 0. The number of nitrogens with zero attached hydrogens (tertiary/aromatic N) is 1. The maximum atomic E-state index is 14.0. The minimum Gasteiger partial charge on any atom is -0.382 e. The number of rotatable bonds is 1. The average molecular weight is 240 g/mol. The first-order valence-electron chi connectivity index (χ1n) is 4.77. The second-order valence-electron chi connectivity index (χ2n) is 3.70. The molecule has 84 valence electrons. The van der Waals surface area contributed by atoms with Crippen molar-refractivity contribution in [1.29, 1.82) is 0 Å². The number of halogens is 2. The molecule has 0 aliphatic carbocycles. The van der Waals surface area contributed by atoms with Crippen molar-refractivity contribution < 1.29 is 4.39 Å². The van der Waals surface area contributed by atoms with Crippen LogP contribution in [-0.4, -0.2) is 10.2 Å². The van der Waals surface area contributed by atoms with Gasteiger partial charge in [0.05, 0.1) is 5.69 Å². The minimum atomic E-state index is -0.300. The maximum Gasteiger partial charge on any atom is 0.145 e. The molecular formula is C11H11ClFN3. The van der Waals surface area contributed by atoms with E-state index in [2.05, 4.69) is 10.2 Å². The molecule has 0 amide bonds. The third-order valence-corrected chi connectivity index (χ3v) is 2.90. The highest BCUT2D eigenvalue weighted by atomic mass is 35.5. The van der Waals surface area contributed by atoms with Crippen LogP contribution in [0.15, 0.2) is 12.1 Å². The van der Waals surface area contributed by atoms with Gasteiger partial charge in [-0.2, -0.15) is 5.10 Å². The van der Waals surface area contributed by atoms with Gasteiger partial charge in [0.2, 0.25) is 0 Å². The van der Waals surface area contributed by atoms with Crippen LogP contribution >= 0.6 is 11.6 Å². The van der Waals surface area contributed by atoms with Crippen LogP contribution < -0.4 is 5.73 Å². The number of aromatic amines is 1. The Bertz CT molecular complexity index is 522. The Kier molecular flexibility index (Phi) is 2.59. The highest BCUT2D eigenvalue weighted by Gasteiger charge is 2.15. The van der Waals surface area contributed by atoms with Gasteiger partial charge < -0.3 is 5.73 Å². The predicted molar refractivity (Wildman–Crippen MR) is 62.9 cm³/mol. The van der Waals surface area contributed by atoms with Crippen molar-refractivity contribution in [3.05, 3.63) is 34.1 Å². The average Bonchev–Trinajstić information content (AvgIpc) is 2.62. The van der Waals surface area contributed by atoms with E-state index in [9.17, 15) is 4.39 Å². The third-order valence-electron chi connectivity index (χ3n) is 2.51. The van der Waals surface area contributed by atoms with Crippen LogP contribution in [0, 0.1) is 19.7 Å². The van der Waals surface area contributed by atoms with Gasteiger partial charge in [-0.3, -0.25) is 5.10 Å². The number of aryl methyl sites for hydroxylation is 1. The van der Waals surface area contributed by atoms with Crippen molar-refractivity contribution >= 4 is 17.4 Å². The van der Waals surface area contributed by atoms with E-state index in [1.54, 1.807) is 26.0 Å². The largest absolute Gasteiger partial charge is 0.382 e. The third kappa shape index (κ3) is 1.65. The number of nitrogens with one attached hydrogen (secondary N) is 1. The van der Waals surface area contributed by atoms with Gasteiger partial charge in [-0.25, -0.2) is 4.39 Å². The normalized spacial score (nSPS) is 10.8. The van der Waals surface area contributed by atoms with E-state index in [1.807, 2.05) is 0 Å². The van der Waals surface area contributed by atoms with E-state index >= 15 is 0 Å². The molecule has 0 saturated heterocycles. The number of anilines is 1. The van der Waals surface area contributed by atoms with Gasteiger partial charge in [-0.1, -0.05) is 11.6 Å². The molecule has 1 aromatic heterocycles. The molecule has 0 aliphatic heterocycles. The van der Waals surface area contributed by atoms with E-state index in [4.69, 9.17) is 17.3 Å².